The molecule has 0 radical (unpaired) electrons. The van der Waals surface area contributed by atoms with Crippen LogP contribution in [0, 0.1) is 0 Å². The summed E-state index contributed by atoms with van der Waals surface area (Å²) in [5.74, 6) is 1.26. The smallest absolute Gasteiger partial charge is 0.407 e. The number of carboxylic acid groups (broad SMARTS) is 1. The van der Waals surface area contributed by atoms with Gasteiger partial charge in [-0.2, -0.15) is 0 Å². The highest BCUT2D eigenvalue weighted by Gasteiger charge is 2.32. The molecule has 7 heteroatoms. The van der Waals surface area contributed by atoms with Crippen molar-refractivity contribution in [3.8, 4) is 22.8 Å². The Bertz CT molecular complexity index is 988. The third kappa shape index (κ3) is 5.73. The molecule has 2 heterocycles. The first-order valence-electron chi connectivity index (χ1n) is 10.1. The van der Waals surface area contributed by atoms with Gasteiger partial charge in [-0.3, -0.25) is 0 Å². The Hall–Kier alpha value is -3.58. The second-order valence-corrected chi connectivity index (χ2v) is 7.23. The molecular weight excluding hydrogens is 396 g/mol. The summed E-state index contributed by atoms with van der Waals surface area (Å²) in [6.45, 7) is 2.28. The molecule has 0 unspecified atom stereocenters. The number of rotatable bonds is 9. The molecule has 1 aliphatic rings. The summed E-state index contributed by atoms with van der Waals surface area (Å²) >= 11 is 0. The summed E-state index contributed by atoms with van der Waals surface area (Å²) in [4.78, 5) is 16.4. The van der Waals surface area contributed by atoms with Gasteiger partial charge in [-0.05, 0) is 29.3 Å². The normalized spacial score (nSPS) is 13.5. The number of carbonyl (C=O) groups is 1. The molecule has 2 aromatic carbocycles. The molecular formula is C24H24N2O5. The maximum absolute atomic E-state index is 10.8. The average molecular weight is 420 g/mol. The number of hydrogen-bond acceptors (Lipinski definition) is 5. The molecule has 1 N–H and O–H groups in total. The summed E-state index contributed by atoms with van der Waals surface area (Å²) in [7, 11) is 0. The van der Waals surface area contributed by atoms with Gasteiger partial charge < -0.3 is 24.2 Å². The Labute approximate surface area is 180 Å². The van der Waals surface area contributed by atoms with Gasteiger partial charge in [-0.15, -0.1) is 0 Å². The van der Waals surface area contributed by atoms with Crippen LogP contribution in [0.15, 0.2) is 72.9 Å². The van der Waals surface area contributed by atoms with E-state index in [1.807, 2.05) is 60.7 Å². The van der Waals surface area contributed by atoms with E-state index < -0.39 is 6.09 Å². The van der Waals surface area contributed by atoms with Crippen molar-refractivity contribution in [1.29, 1.82) is 0 Å². The van der Waals surface area contributed by atoms with Crippen molar-refractivity contribution in [1.82, 2.24) is 9.88 Å². The van der Waals surface area contributed by atoms with Gasteiger partial charge in [-0.1, -0.05) is 42.5 Å². The lowest BCUT2D eigenvalue weighted by molar-refractivity contribution is 0.0228. The van der Waals surface area contributed by atoms with Gasteiger partial charge in [0.05, 0.1) is 26.3 Å². The fraction of sp³-hybridized carbons (Fsp3) is 0.250. The number of benzene rings is 2. The quantitative estimate of drug-likeness (QED) is 0.525. The van der Waals surface area contributed by atoms with Gasteiger partial charge in [0.25, 0.3) is 0 Å². The van der Waals surface area contributed by atoms with Crippen LogP contribution in [-0.4, -0.2) is 53.5 Å². The van der Waals surface area contributed by atoms with Crippen molar-refractivity contribution in [2.24, 2.45) is 0 Å². The largest absolute Gasteiger partial charge is 0.491 e. The molecule has 31 heavy (non-hydrogen) atoms. The Kier molecular flexibility index (Phi) is 6.64. The van der Waals surface area contributed by atoms with E-state index in [2.05, 4.69) is 4.98 Å². The van der Waals surface area contributed by atoms with Crippen molar-refractivity contribution < 1.29 is 24.1 Å². The molecule has 0 spiro atoms. The van der Waals surface area contributed by atoms with Crippen molar-refractivity contribution in [3.05, 3.63) is 78.5 Å². The highest BCUT2D eigenvalue weighted by atomic mass is 16.5. The van der Waals surface area contributed by atoms with Gasteiger partial charge in [0.1, 0.15) is 18.5 Å². The van der Waals surface area contributed by atoms with Crippen LogP contribution in [0.5, 0.6) is 11.6 Å². The molecule has 0 aliphatic carbocycles. The van der Waals surface area contributed by atoms with Crippen molar-refractivity contribution in [3.63, 3.8) is 0 Å². The summed E-state index contributed by atoms with van der Waals surface area (Å²) in [5, 5.41) is 8.87. The molecule has 3 aromatic rings. The monoisotopic (exact) mass is 420 g/mol. The maximum Gasteiger partial charge on any atom is 0.407 e. The fourth-order valence-electron chi connectivity index (χ4n) is 3.21. The fourth-order valence-corrected chi connectivity index (χ4v) is 3.21. The number of pyridine rings is 1. The summed E-state index contributed by atoms with van der Waals surface area (Å²) in [5.41, 5.74) is 3.07. The highest BCUT2D eigenvalue weighted by molar-refractivity contribution is 5.66. The first kappa shape index (κ1) is 20.7. The van der Waals surface area contributed by atoms with Crippen LogP contribution in [0.4, 0.5) is 4.79 Å². The Morgan fingerprint density at radius 3 is 2.58 bits per heavy atom. The van der Waals surface area contributed by atoms with Crippen LogP contribution in [0.2, 0.25) is 0 Å². The molecule has 1 aliphatic heterocycles. The third-order valence-electron chi connectivity index (χ3n) is 4.92. The van der Waals surface area contributed by atoms with E-state index >= 15 is 0 Å². The van der Waals surface area contributed by atoms with E-state index in [0.717, 1.165) is 22.4 Å². The predicted octanol–water partition coefficient (Wildman–Crippen LogP) is 4.09. The Morgan fingerprint density at radius 2 is 1.84 bits per heavy atom. The number of amides is 1. The maximum atomic E-state index is 10.8. The first-order valence-corrected chi connectivity index (χ1v) is 10.1. The van der Waals surface area contributed by atoms with Crippen molar-refractivity contribution in [2.45, 2.75) is 12.7 Å². The zero-order valence-electron chi connectivity index (χ0n) is 17.0. The zero-order chi connectivity index (χ0) is 21.5. The molecule has 4 rings (SSSR count). The first-order chi connectivity index (χ1) is 15.2. The molecule has 1 saturated heterocycles. The van der Waals surface area contributed by atoms with Crippen LogP contribution in [0.1, 0.15) is 5.56 Å². The SMILES string of the molecule is O=C(O)N1CC(Oc2ccc(-c3cccc(OCCOCc4ccccc4)c3)cn2)C1. The van der Waals surface area contributed by atoms with E-state index in [1.165, 1.54) is 4.90 Å². The van der Waals surface area contributed by atoms with Gasteiger partial charge in [-0.25, -0.2) is 9.78 Å². The van der Waals surface area contributed by atoms with E-state index in [9.17, 15) is 4.79 Å². The second kappa shape index (κ2) is 9.95. The number of nitrogens with zero attached hydrogens (tertiary/aromatic N) is 2. The highest BCUT2D eigenvalue weighted by Crippen LogP contribution is 2.25. The number of hydrogen-bond donors (Lipinski definition) is 1. The van der Waals surface area contributed by atoms with Gasteiger partial charge in [0.2, 0.25) is 5.88 Å². The molecule has 0 atom stereocenters. The number of ether oxygens (including phenoxy) is 3. The molecule has 160 valence electrons. The van der Waals surface area contributed by atoms with Gasteiger partial charge in [0.15, 0.2) is 0 Å². The summed E-state index contributed by atoms with van der Waals surface area (Å²) < 4.78 is 17.2. The lowest BCUT2D eigenvalue weighted by Crippen LogP contribution is -2.55. The topological polar surface area (TPSA) is 81.1 Å². The molecule has 1 fully saturated rings. The molecule has 1 aromatic heterocycles. The van der Waals surface area contributed by atoms with Crippen LogP contribution in [0.25, 0.3) is 11.1 Å². The number of aromatic nitrogens is 1. The standard InChI is InChI=1S/C24H24N2O5/c27-24(28)26-15-22(16-26)31-23-10-9-20(14-25-23)19-7-4-8-21(13-19)30-12-11-29-17-18-5-2-1-3-6-18/h1-10,13-14,22H,11-12,15-17H2,(H,27,28). The van der Waals surface area contributed by atoms with Crippen molar-refractivity contribution in [2.75, 3.05) is 26.3 Å². The second-order valence-electron chi connectivity index (χ2n) is 7.23. The minimum absolute atomic E-state index is 0.143. The minimum Gasteiger partial charge on any atom is -0.491 e. The number of likely N-dealkylation sites (tertiary alicyclic amines) is 1. The molecule has 7 nitrogen and oxygen atoms in total. The Balaban J connectivity index is 1.24. The molecule has 1 amide bonds. The van der Waals surface area contributed by atoms with Gasteiger partial charge >= 0.3 is 6.09 Å². The lowest BCUT2D eigenvalue weighted by Gasteiger charge is -2.36. The van der Waals surface area contributed by atoms with E-state index in [1.54, 1.807) is 12.3 Å². The average Bonchev–Trinajstić information content (AvgIpc) is 2.77. The summed E-state index contributed by atoms with van der Waals surface area (Å²) in [6, 6.07) is 21.6. The molecule has 0 saturated carbocycles. The molecule has 0 bridgehead atoms. The third-order valence-corrected chi connectivity index (χ3v) is 4.92. The van der Waals surface area contributed by atoms with Crippen LogP contribution in [0.3, 0.4) is 0 Å². The van der Waals surface area contributed by atoms with E-state index in [4.69, 9.17) is 19.3 Å². The van der Waals surface area contributed by atoms with Gasteiger partial charge in [0, 0.05) is 17.8 Å². The zero-order valence-corrected chi connectivity index (χ0v) is 17.0. The van der Waals surface area contributed by atoms with Crippen LogP contribution >= 0.6 is 0 Å². The Morgan fingerprint density at radius 1 is 1.00 bits per heavy atom. The summed E-state index contributed by atoms with van der Waals surface area (Å²) in [6.07, 6.45) is 0.675. The van der Waals surface area contributed by atoms with Crippen LogP contribution < -0.4 is 9.47 Å². The van der Waals surface area contributed by atoms with E-state index in [0.29, 0.717) is 38.8 Å². The lowest BCUT2D eigenvalue weighted by atomic mass is 10.1. The van der Waals surface area contributed by atoms with Crippen LogP contribution in [-0.2, 0) is 11.3 Å². The van der Waals surface area contributed by atoms with Crippen molar-refractivity contribution >= 4 is 6.09 Å². The van der Waals surface area contributed by atoms with E-state index in [-0.39, 0.29) is 6.10 Å². The minimum atomic E-state index is -0.923. The predicted molar refractivity (Wildman–Crippen MR) is 115 cm³/mol.